The maximum atomic E-state index is 12.7. The smallest absolute Gasteiger partial charge is 0.373 e. The van der Waals surface area contributed by atoms with Gasteiger partial charge in [-0.2, -0.15) is 27.8 Å². The minimum absolute atomic E-state index is 0.00823. The van der Waals surface area contributed by atoms with E-state index >= 15 is 0 Å². The first kappa shape index (κ1) is 46.1. The summed E-state index contributed by atoms with van der Waals surface area (Å²) in [6.07, 6.45) is 4.12. The highest BCUT2D eigenvalue weighted by Gasteiger charge is 2.33. The number of benzene rings is 4. The Morgan fingerprint density at radius 2 is 0.875 bits per heavy atom. The highest BCUT2D eigenvalue weighted by molar-refractivity contribution is 7.89. The number of phenolic OH excluding ortho intramolecular Hbond substituents is 2. The first-order chi connectivity index (χ1) is 26.5. The molecule has 0 radical (unpaired) electrons. The number of nitrogens with one attached hydrogen (secondary N) is 2. The Hall–Kier alpha value is -6.07. The number of nitrogen functional groups attached to an aromatic ring is 2. The molecule has 2 aliphatic heterocycles. The van der Waals surface area contributed by atoms with Crippen LogP contribution in [0.25, 0.3) is 0 Å². The van der Waals surface area contributed by atoms with E-state index in [2.05, 4.69) is 10.6 Å². The lowest BCUT2D eigenvalue weighted by atomic mass is 10.3. The summed E-state index contributed by atoms with van der Waals surface area (Å²) in [7, 11) is -6.83. The fourth-order valence-electron chi connectivity index (χ4n) is 5.46. The average molecular weight is 813 g/mol. The van der Waals surface area contributed by atoms with Crippen molar-refractivity contribution in [3.8, 4) is 11.5 Å². The summed E-state index contributed by atoms with van der Waals surface area (Å²) in [5, 5.41) is 23.2. The number of hydrogen-bond acceptors (Lipinski definition) is 13. The van der Waals surface area contributed by atoms with Crippen LogP contribution in [0.3, 0.4) is 0 Å². The van der Waals surface area contributed by atoms with Gasteiger partial charge in [0.2, 0.25) is 20.0 Å². The number of nitrogens with zero attached hydrogens (tertiary/aromatic N) is 2. The Morgan fingerprint density at radius 1 is 0.589 bits per heavy atom. The molecule has 17 nitrogen and oxygen atoms in total. The van der Waals surface area contributed by atoms with Crippen LogP contribution in [-0.4, -0.2) is 79.2 Å². The molecule has 0 spiro atoms. The lowest BCUT2D eigenvalue weighted by molar-refractivity contribution is -0.193. The molecule has 0 unspecified atom stereocenters. The minimum Gasteiger partial charge on any atom is -0.508 e. The largest absolute Gasteiger partial charge is 0.508 e. The van der Waals surface area contributed by atoms with Gasteiger partial charge in [-0.05, 0) is 137 Å². The number of carbonyl (C=O) groups excluding carboxylic acids is 5. The molecule has 56 heavy (non-hydrogen) atoms. The molecule has 300 valence electrons. The molecule has 6 rings (SSSR count). The Bertz CT molecular complexity index is 2090. The molecule has 2 fully saturated rings. The zero-order valence-electron chi connectivity index (χ0n) is 30.6. The molecule has 2 atom stereocenters. The highest BCUT2D eigenvalue weighted by Crippen LogP contribution is 2.27. The van der Waals surface area contributed by atoms with E-state index in [1.165, 1.54) is 28.6 Å². The molecule has 0 aromatic heterocycles. The van der Waals surface area contributed by atoms with Gasteiger partial charge < -0.3 is 32.3 Å². The zero-order valence-corrected chi connectivity index (χ0v) is 32.2. The predicted molar refractivity (Wildman–Crippen MR) is 206 cm³/mol. The quantitative estimate of drug-likeness (QED) is 0.116. The molecule has 2 aliphatic rings. The third-order valence-electron chi connectivity index (χ3n) is 8.21. The number of hydrogen-bond donors (Lipinski definition) is 6. The van der Waals surface area contributed by atoms with Crippen LogP contribution in [0.1, 0.15) is 39.5 Å². The lowest BCUT2D eigenvalue weighted by Gasteiger charge is -2.21. The van der Waals surface area contributed by atoms with Gasteiger partial charge in [-0.1, -0.05) is 0 Å². The van der Waals surface area contributed by atoms with Crippen molar-refractivity contribution in [1.29, 1.82) is 0 Å². The van der Waals surface area contributed by atoms with Gasteiger partial charge in [0, 0.05) is 47.9 Å². The predicted octanol–water partition coefficient (Wildman–Crippen LogP) is 4.46. The number of phenols is 2. The summed E-state index contributed by atoms with van der Waals surface area (Å²) >= 11 is 0. The molecule has 8 N–H and O–H groups in total. The van der Waals surface area contributed by atoms with Crippen molar-refractivity contribution in [2.45, 2.75) is 61.4 Å². The van der Waals surface area contributed by atoms with E-state index in [9.17, 15) is 26.7 Å². The second kappa shape index (κ2) is 22.3. The van der Waals surface area contributed by atoms with Crippen LogP contribution >= 0.6 is 0 Å². The molecule has 2 amide bonds. The highest BCUT2D eigenvalue weighted by atomic mass is 32.2. The third-order valence-corrected chi connectivity index (χ3v) is 12.3. The van der Waals surface area contributed by atoms with E-state index in [1.807, 2.05) is 13.8 Å². The van der Waals surface area contributed by atoms with Gasteiger partial charge in [-0.25, -0.2) is 21.6 Å². The summed E-state index contributed by atoms with van der Waals surface area (Å²) in [5.74, 6) is 0.360. The molecule has 0 aliphatic carbocycles. The van der Waals surface area contributed by atoms with E-state index in [1.54, 1.807) is 77.1 Å². The number of carbonyl (C=O) groups is 1. The monoisotopic (exact) mass is 812 g/mol. The molecule has 19 heteroatoms. The molecular weight excluding hydrogens is 769 g/mol. The second-order valence-corrected chi connectivity index (χ2v) is 16.0. The third kappa shape index (κ3) is 14.3. The topological polar surface area (TPSA) is 277 Å². The van der Waals surface area contributed by atoms with Crippen LogP contribution in [-0.2, 0) is 39.2 Å². The van der Waals surface area contributed by atoms with Gasteiger partial charge in [0.1, 0.15) is 11.5 Å². The number of rotatable bonds is 6. The maximum absolute atomic E-state index is 12.7. The summed E-state index contributed by atoms with van der Waals surface area (Å²) < 4.78 is 52.9. The second-order valence-electron chi connectivity index (χ2n) is 12.2. The van der Waals surface area contributed by atoms with E-state index in [-0.39, 0.29) is 40.8 Å². The van der Waals surface area contributed by atoms with Gasteiger partial charge >= 0.3 is 18.3 Å². The summed E-state index contributed by atoms with van der Waals surface area (Å²) in [6.45, 7) is 5.02. The van der Waals surface area contributed by atoms with Crippen LogP contribution in [0.15, 0.2) is 107 Å². The first-order valence-electron chi connectivity index (χ1n) is 16.9. The van der Waals surface area contributed by atoms with Crippen LogP contribution in [0, 0.1) is 0 Å². The van der Waals surface area contributed by atoms with Crippen molar-refractivity contribution in [3.05, 3.63) is 97.1 Å². The summed E-state index contributed by atoms with van der Waals surface area (Å²) in [6, 6.07) is 24.6. The van der Waals surface area contributed by atoms with Crippen LogP contribution in [0.5, 0.6) is 11.5 Å². The van der Waals surface area contributed by atoms with Crippen LogP contribution < -0.4 is 22.1 Å². The lowest BCUT2D eigenvalue weighted by Crippen LogP contribution is -2.33. The number of sulfonamides is 2. The van der Waals surface area contributed by atoms with Crippen molar-refractivity contribution >= 4 is 61.1 Å². The van der Waals surface area contributed by atoms with Crippen LogP contribution in [0.4, 0.5) is 27.5 Å². The molecular formula is C37H44N6O11S2. The van der Waals surface area contributed by atoms with Gasteiger partial charge in [0.05, 0.1) is 9.79 Å². The average Bonchev–Trinajstić information content (AvgIpc) is 3.81. The first-order valence-corrected chi connectivity index (χ1v) is 19.8. The van der Waals surface area contributed by atoms with Crippen molar-refractivity contribution in [2.24, 2.45) is 0 Å². The van der Waals surface area contributed by atoms with Crippen molar-refractivity contribution in [1.82, 2.24) is 8.61 Å². The van der Waals surface area contributed by atoms with E-state index < -0.39 is 26.1 Å². The van der Waals surface area contributed by atoms with Crippen molar-refractivity contribution in [2.75, 3.05) is 35.2 Å². The summed E-state index contributed by atoms with van der Waals surface area (Å²) in [5.41, 5.74) is 13.1. The maximum Gasteiger partial charge on any atom is 0.373 e. The fraction of sp³-hybridized carbons (Fsp3) is 0.270. The number of urea groups is 1. The molecule has 0 saturated carbocycles. The van der Waals surface area contributed by atoms with E-state index in [0.717, 1.165) is 25.7 Å². The summed E-state index contributed by atoms with van der Waals surface area (Å²) in [4.78, 5) is 45.0. The molecule has 4 aromatic rings. The van der Waals surface area contributed by atoms with Gasteiger partial charge in [-0.3, -0.25) is 0 Å². The van der Waals surface area contributed by atoms with Crippen molar-refractivity contribution < 1.29 is 51.0 Å². The number of aromatic hydroxyl groups is 2. The molecule has 2 saturated heterocycles. The fourth-order valence-corrected chi connectivity index (χ4v) is 8.86. The Labute approximate surface area is 325 Å². The molecule has 0 bridgehead atoms. The Kier molecular flexibility index (Phi) is 18.4. The minimum atomic E-state index is -3.50. The van der Waals surface area contributed by atoms with Crippen LogP contribution in [0.2, 0.25) is 0 Å². The van der Waals surface area contributed by atoms with Gasteiger partial charge in [0.25, 0.3) is 0 Å². The molecule has 4 aromatic carbocycles. The normalized spacial score (nSPS) is 16.2. The van der Waals surface area contributed by atoms with Gasteiger partial charge in [0.15, 0.2) is 0 Å². The van der Waals surface area contributed by atoms with Crippen molar-refractivity contribution in [3.63, 3.8) is 0 Å². The van der Waals surface area contributed by atoms with Gasteiger partial charge in [-0.15, -0.1) is 0 Å². The standard InChI is InChI=1S/C18H21N3O4S.C11H16N2O2S.C6H7NO.2CO2/c1-13-3-2-12-21(13)26(24,25)17-10-6-15(7-11-17)20-18(23)19-14-4-8-16(22)9-5-14;1-9-3-2-8-13(9)16(14,15)11-6-4-10(12)5-7-11;7-5-1-3-6(8)4-2-5;2*2-1-3/h4-11,13,22H,2-3,12H2,1H3,(H2,19,20,23);4-7,9H,2-3,8,12H2,1H3;1-4,8H,7H2;;/t13-;9-;;;/m11.../s1. The Balaban J connectivity index is 0.000000304. The number of anilines is 4. The van der Waals surface area contributed by atoms with E-state index in [0.29, 0.717) is 40.7 Å². The zero-order chi connectivity index (χ0) is 41.9. The number of amides is 2. The number of nitrogens with two attached hydrogens (primary N) is 2. The molecule has 2 heterocycles. The van der Waals surface area contributed by atoms with E-state index in [4.69, 9.17) is 35.8 Å². The SMILES string of the molecule is C[C@@H]1CCCN1S(=O)(=O)c1ccc(N)cc1.C[C@@H]1CCCN1S(=O)(=O)c1ccc(NC(=O)Nc2ccc(O)cc2)cc1.Nc1ccc(O)cc1.O=C=O.O=C=O. The Morgan fingerprint density at radius 3 is 1.18 bits per heavy atom.